The van der Waals surface area contributed by atoms with Gasteiger partial charge in [-0.1, -0.05) is 19.9 Å². The van der Waals surface area contributed by atoms with E-state index < -0.39 is 0 Å². The van der Waals surface area contributed by atoms with Gasteiger partial charge < -0.3 is 10.2 Å². The molecule has 0 amide bonds. The topological polar surface area (TPSA) is 40.5 Å². The minimum absolute atomic E-state index is 0.235. The van der Waals surface area contributed by atoms with Gasteiger partial charge in [0.25, 0.3) is 0 Å². The molecule has 3 atom stereocenters. The molecule has 0 bridgehead atoms. The quantitative estimate of drug-likeness (QED) is 0.824. The summed E-state index contributed by atoms with van der Waals surface area (Å²) in [6.45, 7) is 6.49. The Morgan fingerprint density at radius 1 is 1.29 bits per heavy atom. The lowest BCUT2D eigenvalue weighted by atomic mass is 9.72. The zero-order chi connectivity index (χ0) is 12.6. The highest BCUT2D eigenvalue weighted by atomic mass is 16.3. The number of hydrogen-bond donors (Lipinski definition) is 2. The molecule has 2 unspecified atom stereocenters. The van der Waals surface area contributed by atoms with Crippen LogP contribution >= 0.6 is 0 Å². The van der Waals surface area contributed by atoms with Crippen LogP contribution in [0.25, 0.3) is 0 Å². The maximum atomic E-state index is 9.83. The highest BCUT2D eigenvalue weighted by Gasteiger charge is 2.29. The van der Waals surface area contributed by atoms with Gasteiger partial charge in [-0.05, 0) is 60.3 Å². The average Bonchev–Trinajstić information content (AvgIpc) is 2.31. The molecular formula is C15H22O2. The van der Waals surface area contributed by atoms with Gasteiger partial charge in [-0.3, -0.25) is 0 Å². The van der Waals surface area contributed by atoms with Gasteiger partial charge in [0.2, 0.25) is 0 Å². The molecule has 0 aromatic heterocycles. The van der Waals surface area contributed by atoms with E-state index in [9.17, 15) is 10.2 Å². The molecule has 1 aliphatic carbocycles. The van der Waals surface area contributed by atoms with Gasteiger partial charge in [0.05, 0.1) is 0 Å². The zero-order valence-corrected chi connectivity index (χ0v) is 10.9. The van der Waals surface area contributed by atoms with Crippen molar-refractivity contribution < 1.29 is 10.2 Å². The van der Waals surface area contributed by atoms with Crippen LogP contribution in [0, 0.1) is 12.8 Å². The summed E-state index contributed by atoms with van der Waals surface area (Å²) >= 11 is 0. The van der Waals surface area contributed by atoms with Crippen molar-refractivity contribution >= 4 is 0 Å². The molecule has 0 radical (unpaired) electrons. The minimum Gasteiger partial charge on any atom is -0.508 e. The predicted octanol–water partition coefficient (Wildman–Crippen LogP) is 3.31. The Bertz CT molecular complexity index is 412. The number of fused-ring (bicyclic) bond motifs is 1. The van der Waals surface area contributed by atoms with E-state index in [1.54, 1.807) is 0 Å². The second kappa shape index (κ2) is 4.69. The van der Waals surface area contributed by atoms with Crippen LogP contribution in [0.5, 0.6) is 5.75 Å². The first kappa shape index (κ1) is 12.4. The SMILES string of the molecule is Cc1cc2c(cc1O)[C@@H](C)CCC2C(C)CO. The fourth-order valence-electron chi connectivity index (χ4n) is 2.94. The van der Waals surface area contributed by atoms with Crippen LogP contribution in [-0.2, 0) is 0 Å². The molecule has 17 heavy (non-hydrogen) atoms. The first-order valence-corrected chi connectivity index (χ1v) is 6.48. The first-order chi connectivity index (χ1) is 8.04. The highest BCUT2D eigenvalue weighted by Crippen LogP contribution is 2.44. The van der Waals surface area contributed by atoms with E-state index in [0.717, 1.165) is 18.4 Å². The van der Waals surface area contributed by atoms with E-state index in [-0.39, 0.29) is 6.61 Å². The van der Waals surface area contributed by atoms with Crippen molar-refractivity contribution in [1.29, 1.82) is 0 Å². The van der Waals surface area contributed by atoms with Crippen LogP contribution in [-0.4, -0.2) is 16.8 Å². The summed E-state index contributed by atoms with van der Waals surface area (Å²) in [6, 6.07) is 4.03. The van der Waals surface area contributed by atoms with Crippen LogP contribution in [0.2, 0.25) is 0 Å². The molecule has 94 valence electrons. The second-order valence-electron chi connectivity index (χ2n) is 5.51. The van der Waals surface area contributed by atoms with Crippen molar-refractivity contribution in [3.05, 3.63) is 28.8 Å². The van der Waals surface area contributed by atoms with Gasteiger partial charge in [0, 0.05) is 6.61 Å². The largest absolute Gasteiger partial charge is 0.508 e. The smallest absolute Gasteiger partial charge is 0.118 e. The zero-order valence-electron chi connectivity index (χ0n) is 10.9. The van der Waals surface area contributed by atoms with Gasteiger partial charge in [-0.25, -0.2) is 0 Å². The Labute approximate surface area is 103 Å². The Balaban J connectivity index is 2.47. The summed E-state index contributed by atoms with van der Waals surface area (Å²) < 4.78 is 0. The third kappa shape index (κ3) is 2.19. The molecule has 0 saturated heterocycles. The van der Waals surface area contributed by atoms with E-state index >= 15 is 0 Å². The number of hydrogen-bond acceptors (Lipinski definition) is 2. The fraction of sp³-hybridized carbons (Fsp3) is 0.600. The van der Waals surface area contributed by atoms with Gasteiger partial charge in [0.1, 0.15) is 5.75 Å². The molecule has 2 heteroatoms. The fourth-order valence-corrected chi connectivity index (χ4v) is 2.94. The first-order valence-electron chi connectivity index (χ1n) is 6.48. The summed E-state index contributed by atoms with van der Waals surface area (Å²) in [5, 5.41) is 19.2. The lowest BCUT2D eigenvalue weighted by molar-refractivity contribution is 0.206. The summed E-state index contributed by atoms with van der Waals surface area (Å²) in [5.41, 5.74) is 3.54. The van der Waals surface area contributed by atoms with E-state index in [2.05, 4.69) is 19.9 Å². The minimum atomic E-state index is 0.235. The van der Waals surface area contributed by atoms with E-state index in [1.807, 2.05) is 13.0 Å². The molecule has 2 rings (SSSR count). The summed E-state index contributed by atoms with van der Waals surface area (Å²) in [5.74, 6) is 1.64. The number of aryl methyl sites for hydroxylation is 1. The van der Waals surface area contributed by atoms with Crippen molar-refractivity contribution in [3.63, 3.8) is 0 Å². The number of aliphatic hydroxyl groups excluding tert-OH is 1. The third-order valence-corrected chi connectivity index (χ3v) is 4.22. The lowest BCUT2D eigenvalue weighted by Gasteiger charge is -2.33. The summed E-state index contributed by atoms with van der Waals surface area (Å²) in [7, 11) is 0. The van der Waals surface area contributed by atoms with Crippen LogP contribution in [0.4, 0.5) is 0 Å². The molecule has 1 aromatic carbocycles. The molecule has 0 heterocycles. The van der Waals surface area contributed by atoms with Gasteiger partial charge >= 0.3 is 0 Å². The molecule has 0 spiro atoms. The van der Waals surface area contributed by atoms with Crippen molar-refractivity contribution in [2.75, 3.05) is 6.61 Å². The van der Waals surface area contributed by atoms with E-state index in [1.165, 1.54) is 11.1 Å². The van der Waals surface area contributed by atoms with Gasteiger partial charge in [-0.15, -0.1) is 0 Å². The monoisotopic (exact) mass is 234 g/mol. The van der Waals surface area contributed by atoms with Crippen molar-refractivity contribution in [1.82, 2.24) is 0 Å². The lowest BCUT2D eigenvalue weighted by Crippen LogP contribution is -2.20. The Hall–Kier alpha value is -1.02. The standard InChI is InChI=1S/C15H22O2/c1-9-4-5-12(11(3)8-16)14-6-10(2)15(17)7-13(9)14/h6-7,9,11-12,16-17H,4-5,8H2,1-3H3/t9-,11?,12?/m0/s1. The molecular weight excluding hydrogens is 212 g/mol. The number of benzene rings is 1. The van der Waals surface area contributed by atoms with Crippen molar-refractivity contribution in [2.45, 2.75) is 45.4 Å². The molecule has 2 N–H and O–H groups in total. The van der Waals surface area contributed by atoms with Crippen LogP contribution < -0.4 is 0 Å². The maximum absolute atomic E-state index is 9.83. The van der Waals surface area contributed by atoms with Crippen molar-refractivity contribution in [3.8, 4) is 5.75 Å². The molecule has 1 aromatic rings. The molecule has 0 saturated carbocycles. The number of phenols is 1. The molecule has 0 aliphatic heterocycles. The van der Waals surface area contributed by atoms with E-state index in [4.69, 9.17) is 0 Å². The number of aliphatic hydroxyl groups is 1. The summed E-state index contributed by atoms with van der Waals surface area (Å²) in [4.78, 5) is 0. The number of phenolic OH excluding ortho intramolecular Hbond substituents is 1. The highest BCUT2D eigenvalue weighted by molar-refractivity contribution is 5.45. The number of rotatable bonds is 2. The average molecular weight is 234 g/mol. The third-order valence-electron chi connectivity index (χ3n) is 4.22. The van der Waals surface area contributed by atoms with Crippen molar-refractivity contribution in [2.24, 2.45) is 5.92 Å². The van der Waals surface area contributed by atoms with Crippen LogP contribution in [0.3, 0.4) is 0 Å². The molecule has 1 aliphatic rings. The predicted molar refractivity (Wildman–Crippen MR) is 69.5 cm³/mol. The summed E-state index contributed by atoms with van der Waals surface area (Å²) in [6.07, 6.45) is 2.28. The molecule has 0 fully saturated rings. The van der Waals surface area contributed by atoms with Gasteiger partial charge in [0.15, 0.2) is 0 Å². The Kier molecular flexibility index (Phi) is 3.43. The maximum Gasteiger partial charge on any atom is 0.118 e. The normalized spacial score (nSPS) is 25.4. The number of aromatic hydroxyl groups is 1. The van der Waals surface area contributed by atoms with Crippen LogP contribution in [0.15, 0.2) is 12.1 Å². The second-order valence-corrected chi connectivity index (χ2v) is 5.51. The Morgan fingerprint density at radius 3 is 2.65 bits per heavy atom. The Morgan fingerprint density at radius 2 is 2.00 bits per heavy atom. The molecule has 2 nitrogen and oxygen atoms in total. The van der Waals surface area contributed by atoms with Crippen LogP contribution in [0.1, 0.15) is 55.2 Å². The van der Waals surface area contributed by atoms with E-state index in [0.29, 0.717) is 23.5 Å². The van der Waals surface area contributed by atoms with Gasteiger partial charge in [-0.2, -0.15) is 0 Å².